The van der Waals surface area contributed by atoms with Crippen molar-refractivity contribution in [3.8, 4) is 11.5 Å². The topological polar surface area (TPSA) is 76.2 Å². The number of hydrogen-bond acceptors (Lipinski definition) is 4. The van der Waals surface area contributed by atoms with E-state index in [1.807, 2.05) is 43.3 Å². The van der Waals surface area contributed by atoms with Gasteiger partial charge in [0.15, 0.2) is 18.1 Å². The number of nitrogens with zero attached hydrogens (tertiary/aromatic N) is 1. The number of H-pyrrole nitrogens is 1. The molecule has 9 heteroatoms. The smallest absolute Gasteiger partial charge is 0.449 e. The van der Waals surface area contributed by atoms with E-state index in [9.17, 15) is 18.0 Å². The molecule has 3 aromatic carbocycles. The monoisotopic (exact) mass is 469 g/mol. The summed E-state index contributed by atoms with van der Waals surface area (Å²) in [5, 5.41) is 2.91. The standard InChI is InChI=1S/C25H22F3N3O3/c1-15-8-11-20(21(12-15)33-2)34-14-22(32)31-23(16-6-4-3-5-7-16)17-9-10-18-19(13-17)30-24(29-18)25(26,27)28/h3-13,23H,14H2,1-2H3,(H,29,30)(H,31,32). The lowest BCUT2D eigenvalue weighted by atomic mass is 9.98. The van der Waals surface area contributed by atoms with Gasteiger partial charge < -0.3 is 19.8 Å². The number of nitrogens with one attached hydrogen (secondary N) is 2. The van der Waals surface area contributed by atoms with Crippen LogP contribution in [-0.2, 0) is 11.0 Å². The molecular formula is C25H22F3N3O3. The first kappa shape index (κ1) is 23.2. The van der Waals surface area contributed by atoms with Crippen molar-refractivity contribution >= 4 is 16.9 Å². The number of rotatable bonds is 7. The van der Waals surface area contributed by atoms with Crippen molar-refractivity contribution in [3.05, 3.63) is 89.2 Å². The molecule has 1 aromatic heterocycles. The molecule has 0 saturated heterocycles. The van der Waals surface area contributed by atoms with Crippen molar-refractivity contribution in [3.63, 3.8) is 0 Å². The Hall–Kier alpha value is -4.01. The highest BCUT2D eigenvalue weighted by molar-refractivity contribution is 5.80. The van der Waals surface area contributed by atoms with Crippen molar-refractivity contribution in [2.24, 2.45) is 0 Å². The van der Waals surface area contributed by atoms with Crippen molar-refractivity contribution in [1.82, 2.24) is 15.3 Å². The Bertz CT molecular complexity index is 1300. The number of aromatic nitrogens is 2. The summed E-state index contributed by atoms with van der Waals surface area (Å²) < 4.78 is 50.1. The average Bonchev–Trinajstić information content (AvgIpc) is 3.26. The quantitative estimate of drug-likeness (QED) is 0.391. The summed E-state index contributed by atoms with van der Waals surface area (Å²) >= 11 is 0. The number of methoxy groups -OCH3 is 1. The van der Waals surface area contributed by atoms with Crippen LogP contribution >= 0.6 is 0 Å². The van der Waals surface area contributed by atoms with Crippen LogP contribution in [0.4, 0.5) is 13.2 Å². The molecule has 4 rings (SSSR count). The molecule has 6 nitrogen and oxygen atoms in total. The third-order valence-electron chi connectivity index (χ3n) is 5.22. The summed E-state index contributed by atoms with van der Waals surface area (Å²) in [6.45, 7) is 1.64. The fraction of sp³-hybridized carbons (Fsp3) is 0.200. The molecule has 1 amide bonds. The van der Waals surface area contributed by atoms with Gasteiger partial charge in [0.2, 0.25) is 5.82 Å². The van der Waals surface area contributed by atoms with Gasteiger partial charge in [-0.05, 0) is 47.9 Å². The predicted molar refractivity (Wildman–Crippen MR) is 121 cm³/mol. The van der Waals surface area contributed by atoms with Gasteiger partial charge in [-0.1, -0.05) is 42.5 Å². The van der Waals surface area contributed by atoms with Gasteiger partial charge in [0, 0.05) is 0 Å². The van der Waals surface area contributed by atoms with Gasteiger partial charge in [-0.2, -0.15) is 13.2 Å². The molecule has 34 heavy (non-hydrogen) atoms. The summed E-state index contributed by atoms with van der Waals surface area (Å²) in [5.74, 6) is -0.534. The lowest BCUT2D eigenvalue weighted by Crippen LogP contribution is -2.33. The normalized spacial score (nSPS) is 12.4. The van der Waals surface area contributed by atoms with E-state index in [0.717, 1.165) is 11.1 Å². The third kappa shape index (κ3) is 5.14. The van der Waals surface area contributed by atoms with Crippen LogP contribution in [0.2, 0.25) is 0 Å². The summed E-state index contributed by atoms with van der Waals surface area (Å²) in [6.07, 6.45) is -4.58. The fourth-order valence-corrected chi connectivity index (χ4v) is 3.59. The number of alkyl halides is 3. The molecule has 176 valence electrons. The third-order valence-corrected chi connectivity index (χ3v) is 5.22. The maximum Gasteiger partial charge on any atom is 0.449 e. The number of hydrogen-bond donors (Lipinski definition) is 2. The van der Waals surface area contributed by atoms with Crippen LogP contribution in [0.3, 0.4) is 0 Å². The SMILES string of the molecule is COc1cc(C)ccc1OCC(=O)NC(c1ccccc1)c1ccc2nc(C(F)(F)F)[nH]c2c1. The first-order valence-corrected chi connectivity index (χ1v) is 10.4. The van der Waals surface area contributed by atoms with Crippen LogP contribution in [0.1, 0.15) is 28.6 Å². The fourth-order valence-electron chi connectivity index (χ4n) is 3.59. The van der Waals surface area contributed by atoms with Gasteiger partial charge in [0.1, 0.15) is 0 Å². The predicted octanol–water partition coefficient (Wildman–Crippen LogP) is 5.18. The van der Waals surface area contributed by atoms with E-state index in [2.05, 4.69) is 15.3 Å². The van der Waals surface area contributed by atoms with E-state index >= 15 is 0 Å². The zero-order valence-corrected chi connectivity index (χ0v) is 18.4. The zero-order valence-electron chi connectivity index (χ0n) is 18.4. The maximum absolute atomic E-state index is 13.0. The largest absolute Gasteiger partial charge is 0.493 e. The first-order chi connectivity index (χ1) is 16.2. The first-order valence-electron chi connectivity index (χ1n) is 10.4. The molecule has 0 spiro atoms. The van der Waals surface area contributed by atoms with Gasteiger partial charge >= 0.3 is 6.18 Å². The minimum atomic E-state index is -4.58. The van der Waals surface area contributed by atoms with E-state index < -0.39 is 23.9 Å². The number of imidazole rings is 1. The molecule has 0 bridgehead atoms. The lowest BCUT2D eigenvalue weighted by Gasteiger charge is -2.20. The number of halogens is 3. The molecule has 0 aliphatic heterocycles. The van der Waals surface area contributed by atoms with E-state index in [4.69, 9.17) is 9.47 Å². The maximum atomic E-state index is 13.0. The highest BCUT2D eigenvalue weighted by Crippen LogP contribution is 2.31. The highest BCUT2D eigenvalue weighted by atomic mass is 19.4. The molecule has 1 atom stereocenters. The zero-order chi connectivity index (χ0) is 24.3. The van der Waals surface area contributed by atoms with Gasteiger partial charge in [-0.3, -0.25) is 4.79 Å². The minimum absolute atomic E-state index is 0.184. The Morgan fingerprint density at radius 1 is 1.03 bits per heavy atom. The van der Waals surface area contributed by atoms with Crippen LogP contribution in [0, 0.1) is 6.92 Å². The van der Waals surface area contributed by atoms with Crippen molar-refractivity contribution in [2.45, 2.75) is 19.1 Å². The van der Waals surface area contributed by atoms with E-state index in [1.165, 1.54) is 13.2 Å². The second kappa shape index (κ2) is 9.46. The molecule has 0 radical (unpaired) electrons. The average molecular weight is 469 g/mol. The molecular weight excluding hydrogens is 447 g/mol. The summed E-state index contributed by atoms with van der Waals surface area (Å²) in [4.78, 5) is 18.7. The molecule has 0 aliphatic carbocycles. The number of aryl methyl sites for hydroxylation is 1. The van der Waals surface area contributed by atoms with E-state index in [1.54, 1.807) is 24.3 Å². The molecule has 4 aromatic rings. The molecule has 0 fully saturated rings. The second-order valence-electron chi connectivity index (χ2n) is 7.71. The summed E-state index contributed by atoms with van der Waals surface area (Å²) in [6, 6.07) is 18.6. The van der Waals surface area contributed by atoms with Crippen molar-refractivity contribution < 1.29 is 27.4 Å². The number of benzene rings is 3. The number of fused-ring (bicyclic) bond motifs is 1. The highest BCUT2D eigenvalue weighted by Gasteiger charge is 2.34. The Morgan fingerprint density at radius 2 is 1.79 bits per heavy atom. The van der Waals surface area contributed by atoms with Crippen LogP contribution < -0.4 is 14.8 Å². The number of amides is 1. The Labute approximate surface area is 193 Å². The molecule has 2 N–H and O–H groups in total. The van der Waals surface area contributed by atoms with Crippen LogP contribution in [-0.4, -0.2) is 29.6 Å². The van der Waals surface area contributed by atoms with Crippen LogP contribution in [0.5, 0.6) is 11.5 Å². The molecule has 0 aliphatic rings. The second-order valence-corrected chi connectivity index (χ2v) is 7.71. The summed E-state index contributed by atoms with van der Waals surface area (Å²) in [5.41, 5.74) is 2.75. The number of carbonyl (C=O) groups excluding carboxylic acids is 1. The van der Waals surface area contributed by atoms with Gasteiger partial charge in [0.25, 0.3) is 5.91 Å². The van der Waals surface area contributed by atoms with Crippen molar-refractivity contribution in [1.29, 1.82) is 0 Å². The summed E-state index contributed by atoms with van der Waals surface area (Å²) in [7, 11) is 1.52. The van der Waals surface area contributed by atoms with Gasteiger partial charge in [-0.25, -0.2) is 4.98 Å². The minimum Gasteiger partial charge on any atom is -0.493 e. The van der Waals surface area contributed by atoms with Crippen molar-refractivity contribution in [2.75, 3.05) is 13.7 Å². The number of ether oxygens (including phenoxy) is 2. The molecule has 0 saturated carbocycles. The number of carbonyl (C=O) groups is 1. The van der Waals surface area contributed by atoms with Crippen LogP contribution in [0.15, 0.2) is 66.7 Å². The van der Waals surface area contributed by atoms with Gasteiger partial charge in [0.05, 0.1) is 24.2 Å². The van der Waals surface area contributed by atoms with E-state index in [0.29, 0.717) is 17.1 Å². The lowest BCUT2D eigenvalue weighted by molar-refractivity contribution is -0.144. The van der Waals surface area contributed by atoms with E-state index in [-0.39, 0.29) is 17.6 Å². The van der Waals surface area contributed by atoms with Gasteiger partial charge in [-0.15, -0.1) is 0 Å². The Morgan fingerprint density at radius 3 is 2.50 bits per heavy atom. The molecule has 1 heterocycles. The Kier molecular flexibility index (Phi) is 6.45. The Balaban J connectivity index is 1.58. The number of aromatic amines is 1. The van der Waals surface area contributed by atoms with Crippen LogP contribution in [0.25, 0.3) is 11.0 Å². The molecule has 1 unspecified atom stereocenters.